The molecule has 0 bridgehead atoms. The molecule has 39 heavy (non-hydrogen) atoms. The molecule has 0 radical (unpaired) electrons. The van der Waals surface area contributed by atoms with Crippen molar-refractivity contribution in [2.24, 2.45) is 5.92 Å². The molecule has 0 saturated heterocycles. The van der Waals surface area contributed by atoms with E-state index in [1.54, 1.807) is 12.1 Å². The number of aromatic nitrogens is 3. The van der Waals surface area contributed by atoms with Crippen LogP contribution in [0.3, 0.4) is 0 Å². The summed E-state index contributed by atoms with van der Waals surface area (Å²) in [6.45, 7) is 10.7. The molecule has 0 atom stereocenters. The van der Waals surface area contributed by atoms with Gasteiger partial charge in [0.25, 0.3) is 10.0 Å². The molecule has 0 fully saturated rings. The molecule has 2 heterocycles. The van der Waals surface area contributed by atoms with Crippen molar-refractivity contribution in [3.63, 3.8) is 0 Å². The number of rotatable bonds is 10. The molecule has 2 aromatic heterocycles. The van der Waals surface area contributed by atoms with Gasteiger partial charge in [0, 0.05) is 24.3 Å². The van der Waals surface area contributed by atoms with Crippen LogP contribution in [-0.4, -0.2) is 35.5 Å². The van der Waals surface area contributed by atoms with Crippen molar-refractivity contribution in [2.75, 3.05) is 6.54 Å². The normalized spacial score (nSPS) is 11.7. The monoisotopic (exact) mass is 547 g/mol. The van der Waals surface area contributed by atoms with Gasteiger partial charge in [0.2, 0.25) is 0 Å². The van der Waals surface area contributed by atoms with E-state index in [2.05, 4.69) is 41.4 Å². The third-order valence-corrected chi connectivity index (χ3v) is 7.98. The molecule has 0 unspecified atom stereocenters. The average Bonchev–Trinajstić information content (AvgIpc) is 3.22. The van der Waals surface area contributed by atoms with Gasteiger partial charge in [-0.15, -0.1) is 0 Å². The zero-order chi connectivity index (χ0) is 28.2. The summed E-state index contributed by atoms with van der Waals surface area (Å²) in [5.74, 6) is 1.65. The van der Waals surface area contributed by atoms with Crippen LogP contribution in [0, 0.1) is 26.7 Å². The Bertz CT molecular complexity index is 1560. The van der Waals surface area contributed by atoms with Gasteiger partial charge in [0.1, 0.15) is 11.3 Å². The minimum Gasteiger partial charge on any atom is -0.337 e. The van der Waals surface area contributed by atoms with E-state index in [9.17, 15) is 13.2 Å². The van der Waals surface area contributed by atoms with Crippen molar-refractivity contribution >= 4 is 27.2 Å². The zero-order valence-corrected chi connectivity index (χ0v) is 24.1. The Labute approximate surface area is 230 Å². The van der Waals surface area contributed by atoms with E-state index in [0.29, 0.717) is 18.9 Å². The highest BCUT2D eigenvalue weighted by atomic mass is 32.2. The van der Waals surface area contributed by atoms with Crippen molar-refractivity contribution in [3.8, 4) is 5.69 Å². The predicted molar refractivity (Wildman–Crippen MR) is 155 cm³/mol. The van der Waals surface area contributed by atoms with Crippen LogP contribution in [0.4, 0.5) is 4.79 Å². The number of urea groups is 1. The summed E-state index contributed by atoms with van der Waals surface area (Å²) >= 11 is 0. The van der Waals surface area contributed by atoms with Crippen LogP contribution >= 0.6 is 0 Å². The Kier molecular flexibility index (Phi) is 8.70. The van der Waals surface area contributed by atoms with E-state index in [0.717, 1.165) is 64.3 Å². The number of benzene rings is 2. The number of pyridine rings is 1. The summed E-state index contributed by atoms with van der Waals surface area (Å²) < 4.78 is 29.0. The van der Waals surface area contributed by atoms with E-state index in [4.69, 9.17) is 9.97 Å². The Morgan fingerprint density at radius 1 is 0.949 bits per heavy atom. The Morgan fingerprint density at radius 2 is 1.64 bits per heavy atom. The van der Waals surface area contributed by atoms with Crippen molar-refractivity contribution in [2.45, 2.75) is 65.2 Å². The van der Waals surface area contributed by atoms with Crippen molar-refractivity contribution in [1.82, 2.24) is 24.6 Å². The molecule has 9 heteroatoms. The van der Waals surface area contributed by atoms with Gasteiger partial charge in [-0.1, -0.05) is 50.1 Å². The molecule has 2 N–H and O–H groups in total. The number of imidazole rings is 1. The van der Waals surface area contributed by atoms with Gasteiger partial charge in [-0.25, -0.2) is 27.9 Å². The number of fused-ring (bicyclic) bond motifs is 1. The fourth-order valence-electron chi connectivity index (χ4n) is 4.58. The summed E-state index contributed by atoms with van der Waals surface area (Å²) in [6.07, 6.45) is 3.63. The molecule has 0 aliphatic heterocycles. The number of nitrogens with one attached hydrogen (secondary N) is 2. The van der Waals surface area contributed by atoms with Crippen LogP contribution in [0.5, 0.6) is 0 Å². The first kappa shape index (κ1) is 28.3. The standard InChI is InChI=1S/C30H37N5O3S/c1-20(2)7-6-8-27-33-28-22(4)19-23(5)32-29(28)35(27)25-13-11-24(12-14-25)17-18-31-30(36)34-39(37,38)26-15-9-21(3)10-16-26/h9-16,19-20H,6-8,17-18H2,1-5H3,(H2,31,34,36). The van der Waals surface area contributed by atoms with E-state index >= 15 is 0 Å². The molecule has 0 aliphatic carbocycles. The second-order valence-corrected chi connectivity index (χ2v) is 12.2. The first-order valence-corrected chi connectivity index (χ1v) is 14.8. The van der Waals surface area contributed by atoms with E-state index in [1.165, 1.54) is 12.1 Å². The van der Waals surface area contributed by atoms with Crippen LogP contribution in [0.1, 0.15) is 54.9 Å². The fourth-order valence-corrected chi connectivity index (χ4v) is 5.51. The highest BCUT2D eigenvalue weighted by Crippen LogP contribution is 2.25. The van der Waals surface area contributed by atoms with Crippen LogP contribution in [-0.2, 0) is 22.9 Å². The highest BCUT2D eigenvalue weighted by molar-refractivity contribution is 7.90. The summed E-state index contributed by atoms with van der Waals surface area (Å²) in [6, 6.07) is 15.8. The Morgan fingerprint density at radius 3 is 2.31 bits per heavy atom. The molecule has 206 valence electrons. The Balaban J connectivity index is 1.43. The van der Waals surface area contributed by atoms with Crippen LogP contribution in [0.25, 0.3) is 16.9 Å². The topological polar surface area (TPSA) is 106 Å². The summed E-state index contributed by atoms with van der Waals surface area (Å²) in [5.41, 5.74) is 6.83. The molecule has 4 rings (SSSR count). The third kappa shape index (κ3) is 7.03. The van der Waals surface area contributed by atoms with Gasteiger partial charge in [-0.05, 0) is 81.0 Å². The number of hydrogen-bond donors (Lipinski definition) is 2. The van der Waals surface area contributed by atoms with Crippen LogP contribution in [0.2, 0.25) is 0 Å². The molecule has 2 aromatic carbocycles. The molecule has 2 amide bonds. The Hall–Kier alpha value is -3.72. The summed E-state index contributed by atoms with van der Waals surface area (Å²) in [5, 5.41) is 2.63. The number of hydrogen-bond acceptors (Lipinski definition) is 5. The van der Waals surface area contributed by atoms with Gasteiger partial charge in [-0.2, -0.15) is 0 Å². The quantitative estimate of drug-likeness (QED) is 0.271. The highest BCUT2D eigenvalue weighted by Gasteiger charge is 2.18. The first-order valence-electron chi connectivity index (χ1n) is 13.4. The van der Waals surface area contributed by atoms with E-state index < -0.39 is 16.1 Å². The maximum absolute atomic E-state index is 12.4. The maximum atomic E-state index is 12.4. The van der Waals surface area contributed by atoms with E-state index in [1.807, 2.05) is 38.1 Å². The number of amides is 2. The molecule has 0 saturated carbocycles. The van der Waals surface area contributed by atoms with Crippen molar-refractivity contribution < 1.29 is 13.2 Å². The maximum Gasteiger partial charge on any atom is 0.328 e. The lowest BCUT2D eigenvalue weighted by Gasteiger charge is -2.12. The SMILES string of the molecule is Cc1ccc(S(=O)(=O)NC(=O)NCCc2ccc(-n3c(CCCC(C)C)nc4c(C)cc(C)nc43)cc2)cc1. The molecule has 4 aromatic rings. The molecule has 8 nitrogen and oxygen atoms in total. The van der Waals surface area contributed by atoms with Crippen molar-refractivity contribution in [3.05, 3.63) is 82.8 Å². The van der Waals surface area contributed by atoms with Crippen LogP contribution < -0.4 is 10.0 Å². The van der Waals surface area contributed by atoms with Gasteiger partial charge < -0.3 is 5.32 Å². The van der Waals surface area contributed by atoms with Gasteiger partial charge >= 0.3 is 6.03 Å². The van der Waals surface area contributed by atoms with E-state index in [-0.39, 0.29) is 4.90 Å². The molecule has 0 spiro atoms. The molecule has 0 aliphatic rings. The number of aryl methyl sites for hydroxylation is 4. The average molecular weight is 548 g/mol. The second-order valence-electron chi connectivity index (χ2n) is 10.5. The predicted octanol–water partition coefficient (Wildman–Crippen LogP) is 5.56. The largest absolute Gasteiger partial charge is 0.337 e. The minimum atomic E-state index is -3.92. The third-order valence-electron chi connectivity index (χ3n) is 6.64. The lowest BCUT2D eigenvalue weighted by atomic mass is 10.1. The van der Waals surface area contributed by atoms with Crippen LogP contribution in [0.15, 0.2) is 59.5 Å². The number of sulfonamides is 1. The molecular formula is C30H37N5O3S. The summed E-state index contributed by atoms with van der Waals surface area (Å²) in [7, 11) is -3.92. The first-order chi connectivity index (χ1) is 18.5. The summed E-state index contributed by atoms with van der Waals surface area (Å²) in [4.78, 5) is 22.1. The zero-order valence-electron chi connectivity index (χ0n) is 23.3. The number of carbonyl (C=O) groups is 1. The number of carbonyl (C=O) groups excluding carboxylic acids is 1. The molecular weight excluding hydrogens is 510 g/mol. The lowest BCUT2D eigenvalue weighted by Crippen LogP contribution is -2.40. The van der Waals surface area contributed by atoms with Gasteiger partial charge in [0.15, 0.2) is 5.65 Å². The number of nitrogens with zero attached hydrogens (tertiary/aromatic N) is 3. The van der Waals surface area contributed by atoms with Crippen molar-refractivity contribution in [1.29, 1.82) is 0 Å². The smallest absolute Gasteiger partial charge is 0.328 e. The fraction of sp³-hybridized carbons (Fsp3) is 0.367. The lowest BCUT2D eigenvalue weighted by molar-refractivity contribution is 0.246. The minimum absolute atomic E-state index is 0.0503. The van der Waals surface area contributed by atoms with Gasteiger partial charge in [-0.3, -0.25) is 4.57 Å². The second kappa shape index (κ2) is 12.0. The van der Waals surface area contributed by atoms with Gasteiger partial charge in [0.05, 0.1) is 4.90 Å².